The molecule has 0 aliphatic heterocycles. The summed E-state index contributed by atoms with van der Waals surface area (Å²) in [6, 6.07) is 1.98. The average molecular weight is 295 g/mol. The number of carbonyl (C=O) groups excluding carboxylic acids is 2. The van der Waals surface area contributed by atoms with Crippen molar-refractivity contribution in [2.24, 2.45) is 0 Å². The van der Waals surface area contributed by atoms with Crippen molar-refractivity contribution in [2.75, 3.05) is 13.7 Å². The second-order valence-corrected chi connectivity index (χ2v) is 6.51. The Hall–Kier alpha value is -1.36. The number of ether oxygens (including phenoxy) is 1. The first-order chi connectivity index (χ1) is 9.52. The zero-order valence-corrected chi connectivity index (χ0v) is 13.1. The zero-order chi connectivity index (χ0) is 14.7. The summed E-state index contributed by atoms with van der Waals surface area (Å²) in [5.74, 6) is -0.446. The van der Waals surface area contributed by atoms with Gasteiger partial charge in [0.15, 0.2) is 0 Å². The molecule has 1 aliphatic rings. The Morgan fingerprint density at radius 2 is 2.05 bits per heavy atom. The molecule has 1 heterocycles. The molecule has 0 fully saturated rings. The van der Waals surface area contributed by atoms with Gasteiger partial charge in [-0.3, -0.25) is 9.59 Å². The summed E-state index contributed by atoms with van der Waals surface area (Å²) in [7, 11) is 1.34. The highest BCUT2D eigenvalue weighted by atomic mass is 32.1. The number of amides is 1. The van der Waals surface area contributed by atoms with E-state index in [-0.39, 0.29) is 24.5 Å². The maximum atomic E-state index is 12.6. The third-order valence-corrected chi connectivity index (χ3v) is 4.84. The van der Waals surface area contributed by atoms with Crippen LogP contribution in [0.3, 0.4) is 0 Å². The molecular weight excluding hydrogens is 274 g/mol. The molecule has 0 N–H and O–H groups in total. The third kappa shape index (κ3) is 3.20. The van der Waals surface area contributed by atoms with Crippen LogP contribution in [0.4, 0.5) is 0 Å². The van der Waals surface area contributed by atoms with Gasteiger partial charge in [0.05, 0.1) is 12.0 Å². The Kier molecular flexibility index (Phi) is 4.81. The van der Waals surface area contributed by atoms with Gasteiger partial charge in [0.2, 0.25) is 0 Å². The number of hydrogen-bond donors (Lipinski definition) is 0. The van der Waals surface area contributed by atoms with Crippen molar-refractivity contribution in [2.45, 2.75) is 45.6 Å². The summed E-state index contributed by atoms with van der Waals surface area (Å²) in [6.45, 7) is 3.83. The molecular formula is C15H21NO3S. The highest BCUT2D eigenvalue weighted by Gasteiger charge is 2.25. The SMILES string of the molecule is COC(=O)CN(C(=O)c1cc2c(s1)CCCC2)C(C)C. The third-order valence-electron chi connectivity index (χ3n) is 3.62. The van der Waals surface area contributed by atoms with Crippen molar-refractivity contribution in [1.29, 1.82) is 0 Å². The van der Waals surface area contributed by atoms with Crippen LogP contribution in [0.15, 0.2) is 6.07 Å². The fraction of sp³-hybridized carbons (Fsp3) is 0.600. The lowest BCUT2D eigenvalue weighted by atomic mass is 9.99. The predicted molar refractivity (Wildman–Crippen MR) is 79.1 cm³/mol. The Morgan fingerprint density at radius 1 is 1.35 bits per heavy atom. The summed E-state index contributed by atoms with van der Waals surface area (Å²) in [5.41, 5.74) is 1.31. The number of fused-ring (bicyclic) bond motifs is 1. The fourth-order valence-corrected chi connectivity index (χ4v) is 3.64. The van der Waals surface area contributed by atoms with Crippen LogP contribution in [-0.4, -0.2) is 36.5 Å². The van der Waals surface area contributed by atoms with E-state index in [1.54, 1.807) is 16.2 Å². The van der Waals surface area contributed by atoms with Gasteiger partial charge in [-0.15, -0.1) is 11.3 Å². The Bertz CT molecular complexity index is 484. The van der Waals surface area contributed by atoms with Crippen molar-refractivity contribution in [3.8, 4) is 0 Å². The zero-order valence-electron chi connectivity index (χ0n) is 12.3. The van der Waals surface area contributed by atoms with Crippen LogP contribution in [-0.2, 0) is 22.4 Å². The first-order valence-corrected chi connectivity index (χ1v) is 7.84. The van der Waals surface area contributed by atoms with Crippen LogP contribution in [0.25, 0.3) is 0 Å². The molecule has 0 spiro atoms. The fourth-order valence-electron chi connectivity index (χ4n) is 2.43. The maximum Gasteiger partial charge on any atom is 0.325 e. The topological polar surface area (TPSA) is 46.6 Å². The van der Waals surface area contributed by atoms with Crippen LogP contribution >= 0.6 is 11.3 Å². The smallest absolute Gasteiger partial charge is 0.325 e. The minimum Gasteiger partial charge on any atom is -0.468 e. The quantitative estimate of drug-likeness (QED) is 0.802. The number of aryl methyl sites for hydroxylation is 2. The molecule has 0 aromatic carbocycles. The standard InChI is InChI=1S/C15H21NO3S/c1-10(2)16(9-14(17)19-3)15(18)13-8-11-6-4-5-7-12(11)20-13/h8,10H,4-7,9H2,1-3H3. The second-order valence-electron chi connectivity index (χ2n) is 5.37. The molecule has 0 saturated heterocycles. The molecule has 0 atom stereocenters. The van der Waals surface area contributed by atoms with E-state index in [0.717, 1.165) is 17.7 Å². The molecule has 0 saturated carbocycles. The number of hydrogen-bond acceptors (Lipinski definition) is 4. The van der Waals surface area contributed by atoms with Crippen LogP contribution in [0.2, 0.25) is 0 Å². The van der Waals surface area contributed by atoms with E-state index in [1.165, 1.54) is 30.4 Å². The minimum absolute atomic E-state index is 0.00949. The highest BCUT2D eigenvalue weighted by molar-refractivity contribution is 7.14. The molecule has 5 heteroatoms. The van der Waals surface area contributed by atoms with Gasteiger partial charge < -0.3 is 9.64 Å². The van der Waals surface area contributed by atoms with E-state index in [2.05, 4.69) is 4.74 Å². The van der Waals surface area contributed by atoms with Gasteiger partial charge in [-0.05, 0) is 51.2 Å². The Morgan fingerprint density at radius 3 is 2.65 bits per heavy atom. The molecule has 4 nitrogen and oxygen atoms in total. The second kappa shape index (κ2) is 6.39. The summed E-state index contributed by atoms with van der Waals surface area (Å²) in [4.78, 5) is 27.7. The van der Waals surface area contributed by atoms with E-state index >= 15 is 0 Å². The Labute approximate surface area is 123 Å². The monoisotopic (exact) mass is 295 g/mol. The van der Waals surface area contributed by atoms with Gasteiger partial charge in [0, 0.05) is 10.9 Å². The highest BCUT2D eigenvalue weighted by Crippen LogP contribution is 2.30. The lowest BCUT2D eigenvalue weighted by Crippen LogP contribution is -2.40. The molecule has 2 rings (SSSR count). The van der Waals surface area contributed by atoms with E-state index in [9.17, 15) is 9.59 Å². The van der Waals surface area contributed by atoms with E-state index in [4.69, 9.17) is 0 Å². The number of esters is 1. The molecule has 1 amide bonds. The van der Waals surface area contributed by atoms with Gasteiger partial charge in [-0.2, -0.15) is 0 Å². The molecule has 1 aliphatic carbocycles. The van der Waals surface area contributed by atoms with Crippen molar-refractivity contribution in [3.05, 3.63) is 21.4 Å². The molecule has 0 bridgehead atoms. The summed E-state index contributed by atoms with van der Waals surface area (Å²) in [5, 5.41) is 0. The largest absolute Gasteiger partial charge is 0.468 e. The maximum absolute atomic E-state index is 12.6. The van der Waals surface area contributed by atoms with Crippen molar-refractivity contribution in [1.82, 2.24) is 4.90 Å². The molecule has 110 valence electrons. The van der Waals surface area contributed by atoms with E-state index in [1.807, 2.05) is 19.9 Å². The normalized spacial score (nSPS) is 14.0. The summed E-state index contributed by atoms with van der Waals surface area (Å²) < 4.78 is 4.67. The first kappa shape index (κ1) is 15.0. The van der Waals surface area contributed by atoms with Crippen LogP contribution in [0, 0.1) is 0 Å². The predicted octanol–water partition coefficient (Wildman–Crippen LogP) is 2.65. The van der Waals surface area contributed by atoms with Crippen LogP contribution in [0.1, 0.15) is 46.8 Å². The van der Waals surface area contributed by atoms with Gasteiger partial charge in [0.1, 0.15) is 6.54 Å². The van der Waals surface area contributed by atoms with Gasteiger partial charge in [-0.25, -0.2) is 0 Å². The Balaban J connectivity index is 2.18. The number of nitrogens with zero attached hydrogens (tertiary/aromatic N) is 1. The number of thiophene rings is 1. The number of carbonyl (C=O) groups is 2. The molecule has 20 heavy (non-hydrogen) atoms. The van der Waals surface area contributed by atoms with Crippen molar-refractivity contribution >= 4 is 23.2 Å². The molecule has 0 radical (unpaired) electrons. The van der Waals surface area contributed by atoms with Crippen molar-refractivity contribution < 1.29 is 14.3 Å². The van der Waals surface area contributed by atoms with Gasteiger partial charge in [-0.1, -0.05) is 0 Å². The van der Waals surface area contributed by atoms with Crippen LogP contribution in [0.5, 0.6) is 0 Å². The van der Waals surface area contributed by atoms with E-state index in [0.29, 0.717) is 0 Å². The number of rotatable bonds is 4. The van der Waals surface area contributed by atoms with E-state index < -0.39 is 0 Å². The van der Waals surface area contributed by atoms with Gasteiger partial charge >= 0.3 is 5.97 Å². The molecule has 0 unspecified atom stereocenters. The van der Waals surface area contributed by atoms with Crippen molar-refractivity contribution in [3.63, 3.8) is 0 Å². The molecule has 1 aromatic heterocycles. The first-order valence-electron chi connectivity index (χ1n) is 7.02. The number of methoxy groups -OCH3 is 1. The van der Waals surface area contributed by atoms with Crippen LogP contribution < -0.4 is 0 Å². The lowest BCUT2D eigenvalue weighted by Gasteiger charge is -2.24. The summed E-state index contributed by atoms with van der Waals surface area (Å²) >= 11 is 1.58. The lowest BCUT2D eigenvalue weighted by molar-refractivity contribution is -0.141. The summed E-state index contributed by atoms with van der Waals surface area (Å²) in [6.07, 6.45) is 4.55. The average Bonchev–Trinajstić information content (AvgIpc) is 2.87. The minimum atomic E-state index is -0.381. The molecule has 1 aromatic rings. The van der Waals surface area contributed by atoms with Gasteiger partial charge in [0.25, 0.3) is 5.91 Å².